The van der Waals surface area contributed by atoms with Crippen LogP contribution in [0.1, 0.15) is 24.1 Å². The first-order valence-corrected chi connectivity index (χ1v) is 5.20. The Labute approximate surface area is 98.7 Å². The molecular weight excluding hydrogens is 226 g/mol. The Balaban J connectivity index is 2.64. The highest BCUT2D eigenvalue weighted by Gasteiger charge is 2.27. The van der Waals surface area contributed by atoms with E-state index in [-0.39, 0.29) is 6.04 Å². The van der Waals surface area contributed by atoms with Crippen LogP contribution in [-0.2, 0) is 0 Å². The number of hydrogen-bond acceptors (Lipinski definition) is 3. The quantitative estimate of drug-likeness (QED) is 0.825. The van der Waals surface area contributed by atoms with E-state index in [1.807, 2.05) is 6.07 Å². The average molecular weight is 240 g/mol. The fraction of sp³-hybridized carbons (Fsp3) is 0.417. The van der Waals surface area contributed by atoms with E-state index in [9.17, 15) is 8.78 Å². The third kappa shape index (κ3) is 4.10. The number of halogens is 2. The Hall–Kier alpha value is -1.51. The van der Waals surface area contributed by atoms with Gasteiger partial charge in [0.05, 0.1) is 18.2 Å². The summed E-state index contributed by atoms with van der Waals surface area (Å²) < 4.78 is 25.6. The Kier molecular flexibility index (Phi) is 4.55. The van der Waals surface area contributed by atoms with Gasteiger partial charge in [-0.15, -0.1) is 0 Å². The molecule has 0 saturated heterocycles. The largest absolute Gasteiger partial charge is 0.390 e. The Bertz CT molecular complexity index is 415. The maximum atomic E-state index is 12.8. The minimum Gasteiger partial charge on any atom is -0.390 e. The summed E-state index contributed by atoms with van der Waals surface area (Å²) in [6, 6.07) is 8.45. The number of alkyl halides is 2. The summed E-state index contributed by atoms with van der Waals surface area (Å²) in [6.45, 7) is -0.0453. The number of nitriles is 1. The molecule has 0 radical (unpaired) electrons. The fourth-order valence-corrected chi connectivity index (χ4v) is 1.35. The highest BCUT2D eigenvalue weighted by Crippen LogP contribution is 2.16. The molecule has 1 aromatic rings. The lowest BCUT2D eigenvalue weighted by Gasteiger charge is -2.19. The van der Waals surface area contributed by atoms with E-state index < -0.39 is 19.1 Å². The van der Waals surface area contributed by atoms with Gasteiger partial charge in [-0.2, -0.15) is 5.26 Å². The lowest BCUT2D eigenvalue weighted by atomic mass is 10.1. The van der Waals surface area contributed by atoms with Crippen LogP contribution < -0.4 is 5.32 Å². The molecule has 5 heteroatoms. The normalized spacial score (nSPS) is 13.1. The van der Waals surface area contributed by atoms with E-state index in [1.54, 1.807) is 31.2 Å². The zero-order valence-electron chi connectivity index (χ0n) is 9.45. The van der Waals surface area contributed by atoms with Crippen LogP contribution in [0.4, 0.5) is 8.78 Å². The highest BCUT2D eigenvalue weighted by molar-refractivity contribution is 5.34. The molecule has 2 N–H and O–H groups in total. The summed E-state index contributed by atoms with van der Waals surface area (Å²) in [6.07, 6.45) is 0. The molecule has 0 heterocycles. The number of aliphatic hydroxyl groups is 1. The van der Waals surface area contributed by atoms with Crippen LogP contribution in [-0.4, -0.2) is 24.2 Å². The molecule has 1 unspecified atom stereocenters. The summed E-state index contributed by atoms with van der Waals surface area (Å²) in [5.74, 6) is -3.12. The zero-order chi connectivity index (χ0) is 12.9. The number of rotatable bonds is 5. The van der Waals surface area contributed by atoms with Gasteiger partial charge in [0.25, 0.3) is 5.92 Å². The van der Waals surface area contributed by atoms with Gasteiger partial charge in [-0.3, -0.25) is 0 Å². The van der Waals surface area contributed by atoms with Crippen molar-refractivity contribution in [2.24, 2.45) is 0 Å². The topological polar surface area (TPSA) is 56.0 Å². The summed E-state index contributed by atoms with van der Waals surface area (Å²) in [5, 5.41) is 19.8. The summed E-state index contributed by atoms with van der Waals surface area (Å²) >= 11 is 0. The van der Waals surface area contributed by atoms with E-state index in [0.717, 1.165) is 5.56 Å². The number of hydrogen-bond donors (Lipinski definition) is 2. The molecule has 0 saturated carbocycles. The van der Waals surface area contributed by atoms with Crippen LogP contribution >= 0.6 is 0 Å². The number of nitrogens with one attached hydrogen (secondary N) is 1. The molecule has 3 nitrogen and oxygen atoms in total. The molecule has 0 aromatic heterocycles. The van der Waals surface area contributed by atoms with Crippen molar-refractivity contribution in [2.45, 2.75) is 18.9 Å². The van der Waals surface area contributed by atoms with Crippen molar-refractivity contribution >= 4 is 0 Å². The van der Waals surface area contributed by atoms with Crippen molar-refractivity contribution in [1.29, 1.82) is 5.26 Å². The van der Waals surface area contributed by atoms with Crippen molar-refractivity contribution in [3.05, 3.63) is 35.4 Å². The maximum Gasteiger partial charge on any atom is 0.282 e. The number of aliphatic hydroxyl groups excluding tert-OH is 1. The maximum absolute atomic E-state index is 12.8. The van der Waals surface area contributed by atoms with Gasteiger partial charge in [0.15, 0.2) is 0 Å². The van der Waals surface area contributed by atoms with Gasteiger partial charge < -0.3 is 10.4 Å². The predicted molar refractivity (Wildman–Crippen MR) is 59.6 cm³/mol. The first-order chi connectivity index (χ1) is 7.98. The second kappa shape index (κ2) is 5.71. The van der Waals surface area contributed by atoms with Crippen molar-refractivity contribution in [2.75, 3.05) is 13.2 Å². The van der Waals surface area contributed by atoms with Crippen molar-refractivity contribution < 1.29 is 13.9 Å². The van der Waals surface area contributed by atoms with E-state index in [4.69, 9.17) is 10.4 Å². The molecule has 1 aromatic carbocycles. The second-order valence-electron chi connectivity index (χ2n) is 3.85. The van der Waals surface area contributed by atoms with Gasteiger partial charge >= 0.3 is 0 Å². The highest BCUT2D eigenvalue weighted by atomic mass is 19.3. The molecule has 92 valence electrons. The van der Waals surface area contributed by atoms with Gasteiger partial charge in [-0.1, -0.05) is 12.1 Å². The monoisotopic (exact) mass is 240 g/mol. The molecule has 0 aliphatic carbocycles. The zero-order valence-corrected chi connectivity index (χ0v) is 9.45. The summed E-state index contributed by atoms with van der Waals surface area (Å²) in [7, 11) is 0. The second-order valence-corrected chi connectivity index (χ2v) is 3.85. The molecule has 1 atom stereocenters. The summed E-state index contributed by atoms with van der Waals surface area (Å²) in [4.78, 5) is 0. The van der Waals surface area contributed by atoms with Gasteiger partial charge in [-0.05, 0) is 24.6 Å². The van der Waals surface area contributed by atoms with Crippen LogP contribution in [0.3, 0.4) is 0 Å². The molecule has 0 fully saturated rings. The van der Waals surface area contributed by atoms with E-state index >= 15 is 0 Å². The SMILES string of the molecule is CC(NCC(F)(F)CO)c1cccc(C#N)c1. The van der Waals surface area contributed by atoms with Gasteiger partial charge in [0, 0.05) is 6.04 Å². The predicted octanol–water partition coefficient (Wildman–Crippen LogP) is 1.84. The smallest absolute Gasteiger partial charge is 0.282 e. The first-order valence-electron chi connectivity index (χ1n) is 5.20. The molecule has 1 rings (SSSR count). The van der Waals surface area contributed by atoms with Crippen LogP contribution in [0.15, 0.2) is 24.3 Å². The molecular formula is C12H14F2N2O. The van der Waals surface area contributed by atoms with E-state index in [1.165, 1.54) is 0 Å². The van der Waals surface area contributed by atoms with E-state index in [0.29, 0.717) is 5.56 Å². The molecule has 0 aliphatic rings. The number of benzene rings is 1. The van der Waals surface area contributed by atoms with Crippen LogP contribution in [0.2, 0.25) is 0 Å². The lowest BCUT2D eigenvalue weighted by Crippen LogP contribution is -2.37. The van der Waals surface area contributed by atoms with Gasteiger partial charge in [0.1, 0.15) is 6.61 Å². The minimum atomic E-state index is -3.12. The van der Waals surface area contributed by atoms with Crippen LogP contribution in [0.5, 0.6) is 0 Å². The molecule has 17 heavy (non-hydrogen) atoms. The van der Waals surface area contributed by atoms with Crippen LogP contribution in [0, 0.1) is 11.3 Å². The van der Waals surface area contributed by atoms with Gasteiger partial charge in [0.2, 0.25) is 0 Å². The molecule has 0 spiro atoms. The van der Waals surface area contributed by atoms with Crippen molar-refractivity contribution in [3.8, 4) is 6.07 Å². The molecule has 0 aliphatic heterocycles. The van der Waals surface area contributed by atoms with Gasteiger partial charge in [-0.25, -0.2) is 8.78 Å². The molecule has 0 bridgehead atoms. The number of nitrogens with zero attached hydrogens (tertiary/aromatic N) is 1. The third-order valence-electron chi connectivity index (χ3n) is 2.41. The Morgan fingerprint density at radius 3 is 2.82 bits per heavy atom. The third-order valence-corrected chi connectivity index (χ3v) is 2.41. The standard InChI is InChI=1S/C12H14F2N2O/c1-9(16-7-12(13,14)8-17)11-4-2-3-10(5-11)6-15/h2-5,9,16-17H,7-8H2,1H3. The summed E-state index contributed by atoms with van der Waals surface area (Å²) in [5.41, 5.74) is 1.25. The average Bonchev–Trinajstić information content (AvgIpc) is 2.36. The Morgan fingerprint density at radius 1 is 1.53 bits per heavy atom. The van der Waals surface area contributed by atoms with Crippen LogP contribution in [0.25, 0.3) is 0 Å². The van der Waals surface area contributed by atoms with Crippen molar-refractivity contribution in [3.63, 3.8) is 0 Å². The molecule has 0 amide bonds. The van der Waals surface area contributed by atoms with E-state index in [2.05, 4.69) is 5.32 Å². The minimum absolute atomic E-state index is 0.305. The fourth-order valence-electron chi connectivity index (χ4n) is 1.35. The van der Waals surface area contributed by atoms with Crippen molar-refractivity contribution in [1.82, 2.24) is 5.32 Å². The lowest BCUT2D eigenvalue weighted by molar-refractivity contribution is -0.0490. The Morgan fingerprint density at radius 2 is 2.24 bits per heavy atom. The first kappa shape index (κ1) is 13.6.